The summed E-state index contributed by atoms with van der Waals surface area (Å²) in [7, 11) is 1.76. The third-order valence-corrected chi connectivity index (χ3v) is 3.66. The fourth-order valence-corrected chi connectivity index (χ4v) is 2.56. The minimum Gasteiger partial charge on any atom is -0.458 e. The van der Waals surface area contributed by atoms with Crippen molar-refractivity contribution in [1.29, 1.82) is 0 Å². The van der Waals surface area contributed by atoms with E-state index in [1.807, 2.05) is 20.8 Å². The number of aryl methyl sites for hydroxylation is 1. The maximum Gasteiger partial charge on any atom is 0.332 e. The van der Waals surface area contributed by atoms with Crippen molar-refractivity contribution >= 4 is 11.9 Å². The lowest BCUT2D eigenvalue weighted by Gasteiger charge is -2.35. The Bertz CT molecular complexity index is 559. The molecule has 1 unspecified atom stereocenters. The monoisotopic (exact) mass is 293 g/mol. The number of esters is 1. The Kier molecular flexibility index (Phi) is 3.82. The molecule has 0 bridgehead atoms. The molecule has 1 saturated heterocycles. The van der Waals surface area contributed by atoms with Crippen molar-refractivity contribution < 1.29 is 14.3 Å². The predicted octanol–water partition coefficient (Wildman–Crippen LogP) is 1.76. The van der Waals surface area contributed by atoms with Gasteiger partial charge in [0.15, 0.2) is 0 Å². The molecular formula is C15H23N3O3. The van der Waals surface area contributed by atoms with Gasteiger partial charge >= 0.3 is 5.97 Å². The highest BCUT2D eigenvalue weighted by Crippen LogP contribution is 2.32. The average Bonchev–Trinajstić information content (AvgIpc) is 2.93. The molecule has 1 fully saturated rings. The van der Waals surface area contributed by atoms with Gasteiger partial charge in [-0.05, 0) is 46.6 Å². The van der Waals surface area contributed by atoms with E-state index in [-0.39, 0.29) is 11.9 Å². The average molecular weight is 293 g/mol. The van der Waals surface area contributed by atoms with E-state index in [0.717, 1.165) is 6.42 Å². The van der Waals surface area contributed by atoms with Crippen LogP contribution in [-0.4, -0.2) is 44.2 Å². The minimum atomic E-state index is -0.915. The smallest absolute Gasteiger partial charge is 0.332 e. The van der Waals surface area contributed by atoms with Gasteiger partial charge in [-0.1, -0.05) is 0 Å². The summed E-state index contributed by atoms with van der Waals surface area (Å²) in [5.41, 5.74) is -1.13. The van der Waals surface area contributed by atoms with E-state index in [1.165, 1.54) is 0 Å². The number of likely N-dealkylation sites (tertiary alicyclic amines) is 1. The number of hydrogen-bond acceptors (Lipinski definition) is 4. The van der Waals surface area contributed by atoms with Crippen LogP contribution in [0.4, 0.5) is 0 Å². The fourth-order valence-electron chi connectivity index (χ4n) is 2.56. The molecule has 116 valence electrons. The molecular weight excluding hydrogens is 270 g/mol. The zero-order valence-electron chi connectivity index (χ0n) is 13.3. The van der Waals surface area contributed by atoms with Crippen LogP contribution in [0.25, 0.3) is 0 Å². The number of aromatic nitrogens is 2. The molecule has 21 heavy (non-hydrogen) atoms. The van der Waals surface area contributed by atoms with Crippen molar-refractivity contribution in [2.75, 3.05) is 6.54 Å². The van der Waals surface area contributed by atoms with Gasteiger partial charge in [0.05, 0.1) is 0 Å². The first-order valence-corrected chi connectivity index (χ1v) is 7.18. The largest absolute Gasteiger partial charge is 0.458 e. The van der Waals surface area contributed by atoms with Crippen molar-refractivity contribution in [1.82, 2.24) is 14.7 Å². The summed E-state index contributed by atoms with van der Waals surface area (Å²) in [5.74, 6) is -0.571. The van der Waals surface area contributed by atoms with Crippen molar-refractivity contribution in [3.63, 3.8) is 0 Å². The number of carbonyl (C=O) groups excluding carboxylic acids is 2. The van der Waals surface area contributed by atoms with Crippen LogP contribution in [-0.2, 0) is 16.6 Å². The van der Waals surface area contributed by atoms with Gasteiger partial charge in [-0.15, -0.1) is 0 Å². The zero-order chi connectivity index (χ0) is 15.8. The van der Waals surface area contributed by atoms with E-state index in [2.05, 4.69) is 5.10 Å². The number of carbonyl (C=O) groups is 2. The molecule has 2 rings (SSSR count). The Hall–Kier alpha value is -1.85. The van der Waals surface area contributed by atoms with Crippen LogP contribution < -0.4 is 0 Å². The molecule has 0 aliphatic carbocycles. The van der Waals surface area contributed by atoms with Gasteiger partial charge in [0.2, 0.25) is 0 Å². The normalized spacial score (nSPS) is 22.4. The first-order valence-electron chi connectivity index (χ1n) is 7.18. The Morgan fingerprint density at radius 1 is 1.38 bits per heavy atom. The van der Waals surface area contributed by atoms with Gasteiger partial charge in [-0.25, -0.2) is 4.79 Å². The van der Waals surface area contributed by atoms with Gasteiger partial charge in [-0.3, -0.25) is 9.48 Å². The molecule has 1 amide bonds. The third-order valence-electron chi connectivity index (χ3n) is 3.66. The number of amides is 1. The van der Waals surface area contributed by atoms with Gasteiger partial charge in [0.25, 0.3) is 5.91 Å². The van der Waals surface area contributed by atoms with E-state index in [4.69, 9.17) is 4.74 Å². The number of rotatable bonds is 2. The summed E-state index contributed by atoms with van der Waals surface area (Å²) >= 11 is 0. The van der Waals surface area contributed by atoms with Crippen LogP contribution in [0.2, 0.25) is 0 Å². The molecule has 1 aromatic rings. The number of nitrogens with zero attached hydrogens (tertiary/aromatic N) is 3. The van der Waals surface area contributed by atoms with Crippen molar-refractivity contribution in [2.45, 2.75) is 51.7 Å². The van der Waals surface area contributed by atoms with Gasteiger partial charge in [-0.2, -0.15) is 5.10 Å². The highest BCUT2D eigenvalue weighted by atomic mass is 16.6. The number of hydrogen-bond donors (Lipinski definition) is 0. The first-order chi connectivity index (χ1) is 9.63. The van der Waals surface area contributed by atoms with E-state index < -0.39 is 11.1 Å². The molecule has 2 heterocycles. The van der Waals surface area contributed by atoms with E-state index in [9.17, 15) is 9.59 Å². The first kappa shape index (κ1) is 15.5. The highest BCUT2D eigenvalue weighted by Gasteiger charge is 2.48. The SMILES string of the molecule is Cn1ccc(C(=O)N2CCCC2(C)C(=O)OC(C)(C)C)n1. The van der Waals surface area contributed by atoms with E-state index >= 15 is 0 Å². The Morgan fingerprint density at radius 2 is 2.05 bits per heavy atom. The Labute approximate surface area is 125 Å². The maximum absolute atomic E-state index is 12.6. The van der Waals surface area contributed by atoms with Crippen molar-refractivity contribution in [2.24, 2.45) is 7.05 Å². The van der Waals surface area contributed by atoms with Crippen LogP contribution >= 0.6 is 0 Å². The standard InChI is InChI=1S/C15H23N3O3/c1-14(2,3)21-13(20)15(4)8-6-9-18(15)12(19)11-7-10-17(5)16-11/h7,10H,6,8-9H2,1-5H3. The zero-order valence-corrected chi connectivity index (χ0v) is 13.3. The van der Waals surface area contributed by atoms with Crippen molar-refractivity contribution in [3.05, 3.63) is 18.0 Å². The molecule has 0 N–H and O–H groups in total. The Balaban J connectivity index is 2.23. The van der Waals surface area contributed by atoms with Crippen LogP contribution in [0.15, 0.2) is 12.3 Å². The topological polar surface area (TPSA) is 64.4 Å². The second-order valence-electron chi connectivity index (χ2n) is 6.71. The molecule has 1 aliphatic rings. The molecule has 1 atom stereocenters. The van der Waals surface area contributed by atoms with Crippen LogP contribution in [0.3, 0.4) is 0 Å². The second-order valence-corrected chi connectivity index (χ2v) is 6.71. The lowest BCUT2D eigenvalue weighted by Crippen LogP contribution is -2.53. The molecule has 0 aromatic carbocycles. The summed E-state index contributed by atoms with van der Waals surface area (Å²) in [6.45, 7) is 7.80. The highest BCUT2D eigenvalue weighted by molar-refractivity contribution is 5.97. The van der Waals surface area contributed by atoms with Gasteiger partial charge in [0.1, 0.15) is 16.8 Å². The van der Waals surface area contributed by atoms with Crippen LogP contribution in [0.5, 0.6) is 0 Å². The number of ether oxygens (including phenoxy) is 1. The molecule has 0 radical (unpaired) electrons. The fraction of sp³-hybridized carbons (Fsp3) is 0.667. The lowest BCUT2D eigenvalue weighted by atomic mass is 9.98. The lowest BCUT2D eigenvalue weighted by molar-refractivity contribution is -0.165. The van der Waals surface area contributed by atoms with E-state index in [0.29, 0.717) is 18.7 Å². The van der Waals surface area contributed by atoms with Crippen LogP contribution in [0.1, 0.15) is 51.0 Å². The molecule has 1 aromatic heterocycles. The summed E-state index contributed by atoms with van der Waals surface area (Å²) in [4.78, 5) is 26.7. The third kappa shape index (κ3) is 3.09. The maximum atomic E-state index is 12.6. The quantitative estimate of drug-likeness (QED) is 0.779. The van der Waals surface area contributed by atoms with E-state index in [1.54, 1.807) is 35.8 Å². The Morgan fingerprint density at radius 3 is 2.57 bits per heavy atom. The summed E-state index contributed by atoms with van der Waals surface area (Å²) in [6, 6.07) is 1.66. The summed E-state index contributed by atoms with van der Waals surface area (Å²) in [6.07, 6.45) is 3.11. The second kappa shape index (κ2) is 5.16. The molecule has 1 aliphatic heterocycles. The minimum absolute atomic E-state index is 0.221. The van der Waals surface area contributed by atoms with Crippen LogP contribution in [0, 0.1) is 0 Å². The van der Waals surface area contributed by atoms with Gasteiger partial charge in [0, 0.05) is 19.8 Å². The molecule has 0 saturated carbocycles. The summed E-state index contributed by atoms with van der Waals surface area (Å²) < 4.78 is 7.07. The molecule has 6 nitrogen and oxygen atoms in total. The predicted molar refractivity (Wildman–Crippen MR) is 77.7 cm³/mol. The molecule has 0 spiro atoms. The summed E-state index contributed by atoms with van der Waals surface area (Å²) in [5, 5.41) is 4.13. The van der Waals surface area contributed by atoms with Crippen molar-refractivity contribution in [3.8, 4) is 0 Å². The van der Waals surface area contributed by atoms with Gasteiger partial charge < -0.3 is 9.64 Å². The molecule has 6 heteroatoms.